The lowest BCUT2D eigenvalue weighted by Gasteiger charge is -1.95. The fourth-order valence-corrected chi connectivity index (χ4v) is 3.56. The number of nitrogens with zero attached hydrogens (tertiary/aromatic N) is 8. The first-order valence-electron chi connectivity index (χ1n) is 7.73. The number of hydrogen-bond donors (Lipinski definition) is 2. The van der Waals surface area contributed by atoms with Crippen molar-refractivity contribution < 1.29 is 10.2 Å². The van der Waals surface area contributed by atoms with Gasteiger partial charge in [0, 0.05) is 21.5 Å². The van der Waals surface area contributed by atoms with Gasteiger partial charge in [-0.15, -0.1) is 0 Å². The lowest BCUT2D eigenvalue weighted by Crippen LogP contribution is -1.86. The van der Waals surface area contributed by atoms with Gasteiger partial charge in [-0.3, -0.25) is 8.80 Å². The Morgan fingerprint density at radius 3 is 1.36 bits per heavy atom. The second-order valence-electron chi connectivity index (χ2n) is 5.97. The largest absolute Gasteiger partial charge is 0.494 e. The van der Waals surface area contributed by atoms with E-state index < -0.39 is 0 Å². The van der Waals surface area contributed by atoms with E-state index in [9.17, 15) is 20.7 Å². The summed E-state index contributed by atoms with van der Waals surface area (Å²) in [6.07, 6.45) is 0. The number of aromatic hydroxyl groups is 2. The van der Waals surface area contributed by atoms with Crippen LogP contribution in [0.5, 0.6) is 11.8 Å². The van der Waals surface area contributed by atoms with E-state index in [0.29, 0.717) is 21.5 Å². The number of imidazole rings is 2. The Kier molecular flexibility index (Phi) is 2.59. The first-order chi connectivity index (χ1) is 13.5. The zero-order chi connectivity index (χ0) is 19.7. The van der Waals surface area contributed by atoms with Crippen molar-refractivity contribution in [3.63, 3.8) is 0 Å². The SMILES string of the molecule is N#Cc1nc2c3cc4c(O)n5c(C#N)c(C#N)nc5c4cc3c(O)n2c1C#N. The number of nitriles is 4. The third-order valence-corrected chi connectivity index (χ3v) is 4.72. The van der Waals surface area contributed by atoms with Crippen molar-refractivity contribution in [3.8, 4) is 36.0 Å². The molecule has 0 spiro atoms. The van der Waals surface area contributed by atoms with Crippen LogP contribution in [0.4, 0.5) is 0 Å². The molecule has 10 heteroatoms. The average molecular weight is 364 g/mol. The fourth-order valence-electron chi connectivity index (χ4n) is 3.56. The summed E-state index contributed by atoms with van der Waals surface area (Å²) in [4.78, 5) is 8.22. The highest BCUT2D eigenvalue weighted by Gasteiger charge is 2.25. The van der Waals surface area contributed by atoms with Crippen molar-refractivity contribution >= 4 is 32.8 Å². The standard InChI is InChI=1S/C18H4N8O2/c19-3-11-13(5-21)25-15(23-11)7-1-9-8(2-10(7)18(25)28)16-24-12(4-20)14(6-22)26(16)17(9)27/h1-2,27-28H. The minimum atomic E-state index is -0.288. The Hall–Kier alpha value is -5.06. The molecule has 10 nitrogen and oxygen atoms in total. The molecular weight excluding hydrogens is 360 g/mol. The third kappa shape index (κ3) is 1.48. The number of fused-ring (bicyclic) bond motifs is 6. The molecule has 0 aliphatic rings. The summed E-state index contributed by atoms with van der Waals surface area (Å²) in [5.74, 6) is -0.576. The highest BCUT2D eigenvalue weighted by molar-refractivity contribution is 6.13. The molecule has 28 heavy (non-hydrogen) atoms. The highest BCUT2D eigenvalue weighted by Crippen LogP contribution is 2.41. The van der Waals surface area contributed by atoms with E-state index in [2.05, 4.69) is 9.97 Å². The lowest BCUT2D eigenvalue weighted by molar-refractivity contribution is 0.453. The molecule has 128 valence electrons. The Bertz CT molecular complexity index is 1550. The minimum absolute atomic E-state index is 0.0976. The van der Waals surface area contributed by atoms with Crippen molar-refractivity contribution in [1.82, 2.24) is 18.8 Å². The summed E-state index contributed by atoms with van der Waals surface area (Å²) in [6, 6.07) is 10.4. The quantitative estimate of drug-likeness (QED) is 0.417. The molecule has 1 aromatic carbocycles. The Morgan fingerprint density at radius 2 is 1.04 bits per heavy atom. The van der Waals surface area contributed by atoms with Gasteiger partial charge in [0.25, 0.3) is 0 Å². The van der Waals surface area contributed by atoms with Gasteiger partial charge in [-0.2, -0.15) is 21.0 Å². The van der Waals surface area contributed by atoms with E-state index in [1.54, 1.807) is 0 Å². The molecule has 0 unspecified atom stereocenters. The van der Waals surface area contributed by atoms with Crippen molar-refractivity contribution in [1.29, 1.82) is 21.0 Å². The van der Waals surface area contributed by atoms with E-state index in [0.717, 1.165) is 0 Å². The molecule has 0 bridgehead atoms. The van der Waals surface area contributed by atoms with Crippen molar-refractivity contribution in [3.05, 3.63) is 34.9 Å². The van der Waals surface area contributed by atoms with Gasteiger partial charge in [0.05, 0.1) is 0 Å². The van der Waals surface area contributed by atoms with Gasteiger partial charge in [0.15, 0.2) is 22.8 Å². The molecule has 5 aromatic rings. The van der Waals surface area contributed by atoms with Crippen molar-refractivity contribution in [2.24, 2.45) is 0 Å². The molecule has 0 aliphatic heterocycles. The van der Waals surface area contributed by atoms with Gasteiger partial charge in [-0.1, -0.05) is 0 Å². The van der Waals surface area contributed by atoms with Gasteiger partial charge >= 0.3 is 0 Å². The molecule has 4 aromatic heterocycles. The van der Waals surface area contributed by atoms with Crippen LogP contribution in [0, 0.1) is 45.3 Å². The lowest BCUT2D eigenvalue weighted by atomic mass is 10.1. The summed E-state index contributed by atoms with van der Waals surface area (Å²) in [6.45, 7) is 0. The highest BCUT2D eigenvalue weighted by atomic mass is 16.3. The summed E-state index contributed by atoms with van der Waals surface area (Å²) < 4.78 is 2.34. The first-order valence-corrected chi connectivity index (χ1v) is 7.73. The Balaban J connectivity index is 2.03. The van der Waals surface area contributed by atoms with Crippen LogP contribution in [-0.4, -0.2) is 29.0 Å². The van der Waals surface area contributed by atoms with E-state index >= 15 is 0 Å². The van der Waals surface area contributed by atoms with Crippen LogP contribution in [0.1, 0.15) is 22.8 Å². The molecule has 4 heterocycles. The Labute approximate surface area is 154 Å². The average Bonchev–Trinajstić information content (AvgIpc) is 3.41. The van der Waals surface area contributed by atoms with E-state index in [-0.39, 0.29) is 45.8 Å². The third-order valence-electron chi connectivity index (χ3n) is 4.72. The molecular formula is C18H4N8O2. The van der Waals surface area contributed by atoms with Crippen LogP contribution in [0.15, 0.2) is 12.1 Å². The monoisotopic (exact) mass is 364 g/mol. The molecule has 0 radical (unpaired) electrons. The maximum atomic E-state index is 10.6. The van der Waals surface area contributed by atoms with Crippen LogP contribution < -0.4 is 0 Å². The summed E-state index contributed by atoms with van der Waals surface area (Å²) >= 11 is 0. The molecule has 5 rings (SSSR count). The van der Waals surface area contributed by atoms with Crippen LogP contribution in [-0.2, 0) is 0 Å². The van der Waals surface area contributed by atoms with Gasteiger partial charge < -0.3 is 10.2 Å². The van der Waals surface area contributed by atoms with Gasteiger partial charge in [-0.25, -0.2) is 9.97 Å². The fraction of sp³-hybridized carbons (Fsp3) is 0. The number of hydrogen-bond acceptors (Lipinski definition) is 8. The molecule has 0 atom stereocenters. The van der Waals surface area contributed by atoms with E-state index in [1.165, 1.54) is 20.9 Å². The van der Waals surface area contributed by atoms with Crippen molar-refractivity contribution in [2.45, 2.75) is 0 Å². The van der Waals surface area contributed by atoms with Crippen LogP contribution in [0.3, 0.4) is 0 Å². The maximum absolute atomic E-state index is 10.6. The summed E-state index contributed by atoms with van der Waals surface area (Å²) in [5.41, 5.74) is -0.0550. The summed E-state index contributed by atoms with van der Waals surface area (Å²) in [5, 5.41) is 59.7. The van der Waals surface area contributed by atoms with E-state index in [1.807, 2.05) is 24.3 Å². The molecule has 0 saturated carbocycles. The number of aromatic nitrogens is 4. The molecule has 0 fully saturated rings. The normalized spacial score (nSPS) is 11.0. The van der Waals surface area contributed by atoms with Gasteiger partial charge in [0.1, 0.15) is 35.6 Å². The Morgan fingerprint density at radius 1 is 0.643 bits per heavy atom. The van der Waals surface area contributed by atoms with E-state index in [4.69, 9.17) is 10.5 Å². The molecule has 0 aliphatic carbocycles. The second-order valence-corrected chi connectivity index (χ2v) is 5.97. The van der Waals surface area contributed by atoms with Crippen LogP contribution in [0.2, 0.25) is 0 Å². The van der Waals surface area contributed by atoms with Gasteiger partial charge in [0.2, 0.25) is 11.8 Å². The predicted octanol–water partition coefficient (Wildman–Crippen LogP) is 1.62. The van der Waals surface area contributed by atoms with Gasteiger partial charge in [-0.05, 0) is 12.1 Å². The zero-order valence-electron chi connectivity index (χ0n) is 13.6. The predicted molar refractivity (Wildman–Crippen MR) is 92.3 cm³/mol. The first kappa shape index (κ1) is 15.2. The summed E-state index contributed by atoms with van der Waals surface area (Å²) in [7, 11) is 0. The topological polar surface area (TPSA) is 170 Å². The molecule has 2 N–H and O–H groups in total. The second kappa shape index (κ2) is 4.76. The van der Waals surface area contributed by atoms with Crippen molar-refractivity contribution in [2.75, 3.05) is 0 Å². The zero-order valence-corrected chi connectivity index (χ0v) is 13.6. The number of rotatable bonds is 0. The van der Waals surface area contributed by atoms with Crippen LogP contribution in [0.25, 0.3) is 32.8 Å². The maximum Gasteiger partial charge on any atom is 0.206 e. The van der Waals surface area contributed by atoms with Crippen LogP contribution >= 0.6 is 0 Å². The molecule has 0 saturated heterocycles. The molecule has 0 amide bonds. The number of benzene rings is 1. The minimum Gasteiger partial charge on any atom is -0.494 e. The smallest absolute Gasteiger partial charge is 0.206 e.